The van der Waals surface area contributed by atoms with E-state index in [1.165, 1.54) is 27.9 Å². The molecule has 0 N–H and O–H groups in total. The van der Waals surface area contributed by atoms with Crippen molar-refractivity contribution in [2.24, 2.45) is 5.10 Å². The van der Waals surface area contributed by atoms with E-state index in [9.17, 15) is 4.79 Å². The van der Waals surface area contributed by atoms with Crippen molar-refractivity contribution in [2.75, 3.05) is 14.2 Å². The summed E-state index contributed by atoms with van der Waals surface area (Å²) in [4.78, 5) is 19.5. The Kier molecular flexibility index (Phi) is 4.46. The minimum atomic E-state index is -0.111. The van der Waals surface area contributed by atoms with E-state index in [1.807, 2.05) is 12.1 Å². The number of fused-ring (bicyclic) bond motifs is 3. The molecule has 0 spiro atoms. The van der Waals surface area contributed by atoms with E-state index >= 15 is 0 Å². The molecule has 3 aromatic rings. The first-order valence-electron chi connectivity index (χ1n) is 8.49. The van der Waals surface area contributed by atoms with Crippen LogP contribution in [0.4, 0.5) is 0 Å². The highest BCUT2D eigenvalue weighted by molar-refractivity contribution is 7.18. The predicted molar refractivity (Wildman–Crippen MR) is 103 cm³/mol. The fraction of sp³-hybridized carbons (Fsp3) is 0.316. The lowest BCUT2D eigenvalue weighted by Crippen LogP contribution is -2.18. The highest BCUT2D eigenvalue weighted by atomic mass is 32.1. The fourth-order valence-corrected chi connectivity index (χ4v) is 4.47. The van der Waals surface area contributed by atoms with Gasteiger partial charge in [-0.25, -0.2) is 4.98 Å². The molecule has 0 saturated heterocycles. The topological polar surface area (TPSA) is 65.7 Å². The smallest absolute Gasteiger partial charge is 0.282 e. The average Bonchev–Trinajstić information content (AvgIpc) is 3.06. The third kappa shape index (κ3) is 2.99. The molecular formula is C19H19N3O3S. The molecule has 7 heteroatoms. The Morgan fingerprint density at radius 1 is 1.15 bits per heavy atom. The number of thiophene rings is 1. The number of hydrogen-bond donors (Lipinski definition) is 0. The monoisotopic (exact) mass is 369 g/mol. The number of benzene rings is 1. The van der Waals surface area contributed by atoms with Crippen molar-refractivity contribution in [3.8, 4) is 11.5 Å². The number of hydrogen-bond acceptors (Lipinski definition) is 6. The number of nitrogens with zero attached hydrogens (tertiary/aromatic N) is 3. The molecule has 0 saturated carbocycles. The van der Waals surface area contributed by atoms with Gasteiger partial charge in [-0.1, -0.05) is 0 Å². The van der Waals surface area contributed by atoms with Gasteiger partial charge in [0.05, 0.1) is 25.8 Å². The van der Waals surface area contributed by atoms with Crippen LogP contribution < -0.4 is 15.0 Å². The summed E-state index contributed by atoms with van der Waals surface area (Å²) in [5, 5.41) is 5.04. The largest absolute Gasteiger partial charge is 0.497 e. The van der Waals surface area contributed by atoms with E-state index < -0.39 is 0 Å². The summed E-state index contributed by atoms with van der Waals surface area (Å²) in [5.41, 5.74) is 1.84. The summed E-state index contributed by atoms with van der Waals surface area (Å²) < 4.78 is 11.8. The molecule has 1 aliphatic rings. The number of ether oxygens (including phenoxy) is 2. The SMILES string of the molecule is COc1cc(/C=N/n2cnc3sc4c(c3c2=O)CCCC4)cc(OC)c1. The highest BCUT2D eigenvalue weighted by Crippen LogP contribution is 2.33. The molecule has 0 unspecified atom stereocenters. The Hall–Kier alpha value is -2.67. The molecule has 0 amide bonds. The van der Waals surface area contributed by atoms with Gasteiger partial charge in [-0.05, 0) is 43.4 Å². The molecule has 1 aliphatic carbocycles. The van der Waals surface area contributed by atoms with Crippen LogP contribution in [0.1, 0.15) is 28.8 Å². The number of aromatic nitrogens is 2. The second-order valence-corrected chi connectivity index (χ2v) is 7.26. The first kappa shape index (κ1) is 16.8. The Bertz CT molecular complexity index is 1030. The summed E-state index contributed by atoms with van der Waals surface area (Å²) in [7, 11) is 3.19. The van der Waals surface area contributed by atoms with E-state index in [-0.39, 0.29) is 5.56 Å². The van der Waals surface area contributed by atoms with Crippen molar-refractivity contribution in [3.63, 3.8) is 0 Å². The van der Waals surface area contributed by atoms with Crippen LogP contribution in [0.5, 0.6) is 11.5 Å². The Balaban J connectivity index is 1.75. The normalized spacial score (nSPS) is 13.9. The van der Waals surface area contributed by atoms with Crippen molar-refractivity contribution in [1.29, 1.82) is 0 Å². The van der Waals surface area contributed by atoms with Crippen molar-refractivity contribution in [2.45, 2.75) is 25.7 Å². The minimum Gasteiger partial charge on any atom is -0.497 e. The minimum absolute atomic E-state index is 0.111. The van der Waals surface area contributed by atoms with Gasteiger partial charge in [-0.2, -0.15) is 9.78 Å². The Labute approximate surface area is 154 Å². The molecule has 2 aromatic heterocycles. The van der Waals surface area contributed by atoms with Crippen LogP contribution in [0.2, 0.25) is 0 Å². The standard InChI is InChI=1S/C19H19N3O3S/c1-24-13-7-12(8-14(9-13)25-2)10-21-22-11-20-18-17(19(22)23)15-5-3-4-6-16(15)26-18/h7-11H,3-6H2,1-2H3/b21-10+. The first-order chi connectivity index (χ1) is 12.7. The number of methoxy groups -OCH3 is 2. The summed E-state index contributed by atoms with van der Waals surface area (Å²) in [6, 6.07) is 5.44. The van der Waals surface area contributed by atoms with Gasteiger partial charge in [0.15, 0.2) is 0 Å². The molecule has 0 bridgehead atoms. The van der Waals surface area contributed by atoms with Crippen LogP contribution in [-0.2, 0) is 12.8 Å². The second-order valence-electron chi connectivity index (χ2n) is 6.18. The van der Waals surface area contributed by atoms with Crippen LogP contribution in [0.25, 0.3) is 10.2 Å². The maximum atomic E-state index is 12.9. The van der Waals surface area contributed by atoms with Gasteiger partial charge in [-0.3, -0.25) is 4.79 Å². The van der Waals surface area contributed by atoms with Crippen LogP contribution in [0.3, 0.4) is 0 Å². The van der Waals surface area contributed by atoms with Crippen LogP contribution in [0.15, 0.2) is 34.4 Å². The third-order valence-electron chi connectivity index (χ3n) is 4.56. The zero-order valence-corrected chi connectivity index (χ0v) is 15.5. The van der Waals surface area contributed by atoms with Crippen LogP contribution in [-0.4, -0.2) is 30.1 Å². The summed E-state index contributed by atoms with van der Waals surface area (Å²) in [6.07, 6.45) is 7.40. The molecule has 6 nitrogen and oxygen atoms in total. The zero-order chi connectivity index (χ0) is 18.1. The third-order valence-corrected chi connectivity index (χ3v) is 5.76. The molecule has 134 valence electrons. The van der Waals surface area contributed by atoms with Crippen LogP contribution in [0, 0.1) is 0 Å². The predicted octanol–water partition coefficient (Wildman–Crippen LogP) is 3.24. The molecular weight excluding hydrogens is 350 g/mol. The van der Waals surface area contributed by atoms with E-state index in [0.717, 1.165) is 35.0 Å². The van der Waals surface area contributed by atoms with Gasteiger partial charge in [-0.15, -0.1) is 11.3 Å². The molecule has 0 atom stereocenters. The summed E-state index contributed by atoms with van der Waals surface area (Å²) in [6.45, 7) is 0. The molecule has 0 fully saturated rings. The maximum absolute atomic E-state index is 12.9. The molecule has 26 heavy (non-hydrogen) atoms. The highest BCUT2D eigenvalue weighted by Gasteiger charge is 2.19. The lowest BCUT2D eigenvalue weighted by molar-refractivity contribution is 0.394. The summed E-state index contributed by atoms with van der Waals surface area (Å²) in [5.74, 6) is 1.33. The van der Waals surface area contributed by atoms with Gasteiger partial charge in [0.25, 0.3) is 5.56 Å². The zero-order valence-electron chi connectivity index (χ0n) is 14.7. The van der Waals surface area contributed by atoms with Gasteiger partial charge in [0.1, 0.15) is 22.7 Å². The van der Waals surface area contributed by atoms with Crippen molar-refractivity contribution < 1.29 is 9.47 Å². The Morgan fingerprint density at radius 3 is 2.62 bits per heavy atom. The molecule has 2 heterocycles. The fourth-order valence-electron chi connectivity index (χ4n) is 3.25. The molecule has 1 aromatic carbocycles. The number of rotatable bonds is 4. The second kappa shape index (κ2) is 6.92. The van der Waals surface area contributed by atoms with Crippen molar-refractivity contribution >= 4 is 27.8 Å². The van der Waals surface area contributed by atoms with Crippen molar-refractivity contribution in [1.82, 2.24) is 9.66 Å². The molecule has 0 radical (unpaired) electrons. The lowest BCUT2D eigenvalue weighted by atomic mass is 9.97. The van der Waals surface area contributed by atoms with Crippen LogP contribution >= 0.6 is 11.3 Å². The van der Waals surface area contributed by atoms with Gasteiger partial charge in [0, 0.05) is 16.5 Å². The number of aryl methyl sites for hydroxylation is 2. The quantitative estimate of drug-likeness (QED) is 0.662. The van der Waals surface area contributed by atoms with Gasteiger partial charge >= 0.3 is 0 Å². The lowest BCUT2D eigenvalue weighted by Gasteiger charge is -2.09. The first-order valence-corrected chi connectivity index (χ1v) is 9.30. The molecule has 0 aliphatic heterocycles. The van der Waals surface area contributed by atoms with Crippen molar-refractivity contribution in [3.05, 3.63) is 50.9 Å². The van der Waals surface area contributed by atoms with Gasteiger partial charge < -0.3 is 9.47 Å². The van der Waals surface area contributed by atoms with E-state index in [1.54, 1.807) is 37.8 Å². The Morgan fingerprint density at radius 2 is 1.88 bits per heavy atom. The maximum Gasteiger partial charge on any atom is 0.282 e. The van der Waals surface area contributed by atoms with E-state index in [0.29, 0.717) is 11.5 Å². The van der Waals surface area contributed by atoms with E-state index in [4.69, 9.17) is 9.47 Å². The van der Waals surface area contributed by atoms with Gasteiger partial charge in [0.2, 0.25) is 0 Å². The average molecular weight is 369 g/mol. The summed E-state index contributed by atoms with van der Waals surface area (Å²) >= 11 is 1.64. The molecule has 4 rings (SSSR count). The van der Waals surface area contributed by atoms with E-state index in [2.05, 4.69) is 10.1 Å².